The smallest absolute Gasteiger partial charge is 0.456 e. The quantitative estimate of drug-likeness (QED) is 0.217. The number of hydrogen-bond acceptors (Lipinski definition) is 3. The minimum absolute atomic E-state index is 0.428. The highest BCUT2D eigenvalue weighted by Crippen LogP contribution is 2.41. The highest BCUT2D eigenvalue weighted by Gasteiger charge is 2.52. The molecule has 0 amide bonds. The molecule has 1 fully saturated rings. The minimum atomic E-state index is -0.496. The first-order chi connectivity index (χ1) is 19.3. The first kappa shape index (κ1) is 24.9. The van der Waals surface area contributed by atoms with Crippen molar-refractivity contribution in [3.63, 3.8) is 0 Å². The van der Waals surface area contributed by atoms with Crippen LogP contribution in [-0.4, -0.2) is 18.3 Å². The van der Waals surface area contributed by atoms with Gasteiger partial charge in [0, 0.05) is 16.2 Å². The molecule has 4 heteroatoms. The van der Waals surface area contributed by atoms with Crippen molar-refractivity contribution in [1.29, 1.82) is 0 Å². The molecule has 1 aliphatic heterocycles. The van der Waals surface area contributed by atoms with Gasteiger partial charge in [0.1, 0.15) is 11.2 Å². The summed E-state index contributed by atoms with van der Waals surface area (Å²) in [4.78, 5) is 0. The molecule has 3 nitrogen and oxygen atoms in total. The van der Waals surface area contributed by atoms with Crippen LogP contribution < -0.4 is 5.46 Å². The van der Waals surface area contributed by atoms with Gasteiger partial charge in [-0.25, -0.2) is 0 Å². The molecule has 0 radical (unpaired) electrons. The molecule has 0 bridgehead atoms. The van der Waals surface area contributed by atoms with Gasteiger partial charge in [-0.05, 0) is 85.3 Å². The Morgan fingerprint density at radius 3 is 1.68 bits per heavy atom. The van der Waals surface area contributed by atoms with E-state index < -0.39 is 18.3 Å². The molecule has 1 saturated heterocycles. The van der Waals surface area contributed by atoms with Gasteiger partial charge in [-0.2, -0.15) is 0 Å². The van der Waals surface area contributed by atoms with Crippen LogP contribution in [0.3, 0.4) is 0 Å². The molecule has 0 saturated carbocycles. The Morgan fingerprint density at radius 2 is 1.07 bits per heavy atom. The van der Waals surface area contributed by atoms with Crippen molar-refractivity contribution in [2.24, 2.45) is 0 Å². The van der Waals surface area contributed by atoms with E-state index in [2.05, 4.69) is 137 Å². The SMILES string of the molecule is CC1(C)OB(c2cccc3c2oc2cccc(-c4cc(-c5ccccc5)cc(-c5ccccc5)c4)c23)OC1(C)C. The van der Waals surface area contributed by atoms with Crippen LogP contribution in [0.2, 0.25) is 0 Å². The Morgan fingerprint density at radius 1 is 0.525 bits per heavy atom. The van der Waals surface area contributed by atoms with Gasteiger partial charge in [-0.15, -0.1) is 0 Å². The van der Waals surface area contributed by atoms with E-state index in [-0.39, 0.29) is 0 Å². The largest absolute Gasteiger partial charge is 0.498 e. The van der Waals surface area contributed by atoms with Gasteiger partial charge in [0.25, 0.3) is 0 Å². The van der Waals surface area contributed by atoms with Crippen LogP contribution in [0.4, 0.5) is 0 Å². The molecule has 1 aliphatic rings. The maximum absolute atomic E-state index is 6.56. The lowest BCUT2D eigenvalue weighted by Crippen LogP contribution is -2.41. The van der Waals surface area contributed by atoms with E-state index in [1.54, 1.807) is 0 Å². The fraction of sp³-hybridized carbons (Fsp3) is 0.167. The topological polar surface area (TPSA) is 31.6 Å². The van der Waals surface area contributed by atoms with Crippen LogP contribution in [0, 0.1) is 0 Å². The number of fused-ring (bicyclic) bond motifs is 3. The molecule has 6 aromatic rings. The second-order valence-electron chi connectivity index (χ2n) is 11.6. The summed E-state index contributed by atoms with van der Waals surface area (Å²) in [5.41, 5.74) is 8.75. The fourth-order valence-corrected chi connectivity index (χ4v) is 5.64. The minimum Gasteiger partial charge on any atom is -0.456 e. The Hall–Kier alpha value is -4.12. The average Bonchev–Trinajstić information content (AvgIpc) is 3.46. The van der Waals surface area contributed by atoms with E-state index in [0.717, 1.165) is 38.5 Å². The molecule has 7 rings (SSSR count). The number of para-hydroxylation sites is 1. The van der Waals surface area contributed by atoms with Crippen molar-refractivity contribution >= 4 is 34.5 Å². The second-order valence-corrected chi connectivity index (χ2v) is 11.6. The van der Waals surface area contributed by atoms with Gasteiger partial charge < -0.3 is 13.7 Å². The van der Waals surface area contributed by atoms with Gasteiger partial charge in [0.15, 0.2) is 0 Å². The van der Waals surface area contributed by atoms with Crippen molar-refractivity contribution in [2.45, 2.75) is 38.9 Å². The lowest BCUT2D eigenvalue weighted by Gasteiger charge is -2.32. The molecule has 0 spiro atoms. The van der Waals surface area contributed by atoms with E-state index in [1.165, 1.54) is 22.3 Å². The lowest BCUT2D eigenvalue weighted by molar-refractivity contribution is 0.00578. The summed E-state index contributed by atoms with van der Waals surface area (Å²) in [5, 5.41) is 2.16. The molecule has 40 heavy (non-hydrogen) atoms. The first-order valence-electron chi connectivity index (χ1n) is 13.9. The van der Waals surface area contributed by atoms with Crippen molar-refractivity contribution in [1.82, 2.24) is 0 Å². The van der Waals surface area contributed by atoms with Crippen LogP contribution in [-0.2, 0) is 9.31 Å². The molecular weight excluding hydrogens is 491 g/mol. The van der Waals surface area contributed by atoms with Crippen LogP contribution >= 0.6 is 0 Å². The highest BCUT2D eigenvalue weighted by atomic mass is 16.7. The molecule has 1 aromatic heterocycles. The van der Waals surface area contributed by atoms with E-state index in [4.69, 9.17) is 13.7 Å². The fourth-order valence-electron chi connectivity index (χ4n) is 5.64. The van der Waals surface area contributed by atoms with Gasteiger partial charge in [0.2, 0.25) is 0 Å². The Kier molecular flexibility index (Phi) is 5.74. The predicted octanol–water partition coefficient (Wildman–Crippen LogP) is 8.89. The third-order valence-electron chi connectivity index (χ3n) is 8.52. The van der Waals surface area contributed by atoms with Crippen molar-refractivity contribution in [3.05, 3.63) is 115 Å². The van der Waals surface area contributed by atoms with Crippen molar-refractivity contribution < 1.29 is 13.7 Å². The van der Waals surface area contributed by atoms with Crippen molar-refractivity contribution in [3.8, 4) is 33.4 Å². The number of benzene rings is 5. The summed E-state index contributed by atoms with van der Waals surface area (Å²) in [7, 11) is -0.496. The third kappa shape index (κ3) is 4.07. The summed E-state index contributed by atoms with van der Waals surface area (Å²) in [6.07, 6.45) is 0. The maximum Gasteiger partial charge on any atom is 0.498 e. The van der Waals surface area contributed by atoms with Crippen LogP contribution in [0.1, 0.15) is 27.7 Å². The Balaban J connectivity index is 1.44. The average molecular weight is 522 g/mol. The normalized spacial score (nSPS) is 16.1. The zero-order valence-electron chi connectivity index (χ0n) is 23.3. The lowest BCUT2D eigenvalue weighted by atomic mass is 9.78. The molecular formula is C36H31BO3. The van der Waals surface area contributed by atoms with Gasteiger partial charge in [0.05, 0.1) is 11.2 Å². The molecule has 5 aromatic carbocycles. The number of furan rings is 1. The summed E-state index contributed by atoms with van der Waals surface area (Å²) in [5.74, 6) is 0. The number of hydrogen-bond donors (Lipinski definition) is 0. The standard InChI is InChI=1S/C36H31BO3/c1-35(2)36(3,4)40-37(39-35)31-19-11-18-30-33-29(17-12-20-32(33)38-34(30)31)28-22-26(24-13-7-5-8-14-24)21-27(23-28)25-15-9-6-10-16-25/h5-23H,1-4H3. The van der Waals surface area contributed by atoms with E-state index in [0.29, 0.717) is 0 Å². The molecule has 0 atom stereocenters. The van der Waals surface area contributed by atoms with Crippen molar-refractivity contribution in [2.75, 3.05) is 0 Å². The van der Waals surface area contributed by atoms with Crippen LogP contribution in [0.5, 0.6) is 0 Å². The Labute approximate surface area is 235 Å². The van der Waals surface area contributed by atoms with Crippen LogP contribution in [0.25, 0.3) is 55.3 Å². The summed E-state index contributed by atoms with van der Waals surface area (Å²) in [6.45, 7) is 8.31. The first-order valence-corrected chi connectivity index (χ1v) is 13.9. The number of rotatable bonds is 4. The predicted molar refractivity (Wildman–Crippen MR) is 166 cm³/mol. The van der Waals surface area contributed by atoms with E-state index >= 15 is 0 Å². The monoisotopic (exact) mass is 522 g/mol. The van der Waals surface area contributed by atoms with Gasteiger partial charge in [-0.1, -0.05) is 91.0 Å². The zero-order chi connectivity index (χ0) is 27.5. The van der Waals surface area contributed by atoms with E-state index in [9.17, 15) is 0 Å². The third-order valence-corrected chi connectivity index (χ3v) is 8.52. The summed E-state index contributed by atoms with van der Waals surface area (Å²) >= 11 is 0. The van der Waals surface area contributed by atoms with Gasteiger partial charge in [-0.3, -0.25) is 0 Å². The molecule has 0 unspecified atom stereocenters. The molecule has 2 heterocycles. The second kappa shape index (κ2) is 9.23. The Bertz CT molecular complexity index is 1780. The molecule has 0 aliphatic carbocycles. The maximum atomic E-state index is 6.56. The van der Waals surface area contributed by atoms with E-state index in [1.807, 2.05) is 6.07 Å². The summed E-state index contributed by atoms with van der Waals surface area (Å²) in [6, 6.07) is 40.6. The highest BCUT2D eigenvalue weighted by molar-refractivity contribution is 6.65. The van der Waals surface area contributed by atoms with Gasteiger partial charge >= 0.3 is 7.12 Å². The molecule has 0 N–H and O–H groups in total. The molecule has 196 valence electrons. The summed E-state index contributed by atoms with van der Waals surface area (Å²) < 4.78 is 19.4. The van der Waals surface area contributed by atoms with Crippen LogP contribution in [0.15, 0.2) is 120 Å². The zero-order valence-corrected chi connectivity index (χ0v) is 23.3.